The monoisotopic (exact) mass is 211 g/mol. The number of para-hydroxylation sites is 1. The first-order valence-electron chi connectivity index (χ1n) is 4.79. The molecule has 0 radical (unpaired) electrons. The summed E-state index contributed by atoms with van der Waals surface area (Å²) in [5, 5.41) is 0. The second-order valence-electron chi connectivity index (χ2n) is 3.35. The Kier molecular flexibility index (Phi) is 4.09. The van der Waals surface area contributed by atoms with Crippen molar-refractivity contribution in [3.8, 4) is 5.75 Å². The molecule has 4 heteroatoms. The molecule has 0 spiro atoms. The molecule has 1 atom stereocenters. The molecule has 0 heterocycles. The highest BCUT2D eigenvalue weighted by Gasteiger charge is 2.07. The van der Waals surface area contributed by atoms with Gasteiger partial charge in [-0.3, -0.25) is 0 Å². The quantitative estimate of drug-likeness (QED) is 0.831. The number of benzene rings is 1. The number of alkyl halides is 1. The van der Waals surface area contributed by atoms with Crippen molar-refractivity contribution in [2.24, 2.45) is 5.73 Å². The topological polar surface area (TPSA) is 52.3 Å². The van der Waals surface area contributed by atoms with E-state index in [1.54, 1.807) is 18.2 Å². The van der Waals surface area contributed by atoms with E-state index in [2.05, 4.69) is 0 Å². The normalized spacial score (nSPS) is 12.1. The Morgan fingerprint density at radius 2 is 2.20 bits per heavy atom. The number of carbonyl (C=O) groups is 1. The fraction of sp³-hybridized carbons (Fsp3) is 0.364. The molecule has 0 aliphatic heterocycles. The minimum absolute atomic E-state index is 0.402. The molecular formula is C11H14FNO2. The average molecular weight is 211 g/mol. The van der Waals surface area contributed by atoms with Gasteiger partial charge < -0.3 is 10.5 Å². The molecule has 0 saturated heterocycles. The Bertz CT molecular complexity index is 339. The zero-order valence-electron chi connectivity index (χ0n) is 8.57. The lowest BCUT2D eigenvalue weighted by atomic mass is 10.1. The molecule has 1 amide bonds. The number of carbonyl (C=O) groups excluding carboxylic acids is 1. The zero-order chi connectivity index (χ0) is 11.3. The van der Waals surface area contributed by atoms with Gasteiger partial charge in [-0.05, 0) is 31.4 Å². The Balaban J connectivity index is 2.72. The SMILES string of the molecule is CC(F)CCc1ccccc1OC(N)=O. The van der Waals surface area contributed by atoms with E-state index in [0.717, 1.165) is 5.56 Å². The molecule has 0 bridgehead atoms. The Labute approximate surface area is 88.0 Å². The van der Waals surface area contributed by atoms with Gasteiger partial charge in [0.1, 0.15) is 5.75 Å². The van der Waals surface area contributed by atoms with Crippen LogP contribution in [0.4, 0.5) is 9.18 Å². The van der Waals surface area contributed by atoms with E-state index in [4.69, 9.17) is 10.5 Å². The summed E-state index contributed by atoms with van der Waals surface area (Å²) < 4.78 is 17.4. The molecule has 0 fully saturated rings. The molecule has 1 aromatic rings. The summed E-state index contributed by atoms with van der Waals surface area (Å²) in [6.07, 6.45) is -0.789. The lowest BCUT2D eigenvalue weighted by Crippen LogP contribution is -2.17. The van der Waals surface area contributed by atoms with Crippen molar-refractivity contribution in [3.05, 3.63) is 29.8 Å². The lowest BCUT2D eigenvalue weighted by Gasteiger charge is -2.08. The van der Waals surface area contributed by atoms with Crippen LogP contribution in [-0.2, 0) is 6.42 Å². The molecule has 0 aliphatic carbocycles. The minimum atomic E-state index is -0.869. The molecule has 0 saturated carbocycles. The number of amides is 1. The van der Waals surface area contributed by atoms with E-state index in [1.807, 2.05) is 6.07 Å². The van der Waals surface area contributed by atoms with Gasteiger partial charge >= 0.3 is 6.09 Å². The predicted octanol–water partition coefficient (Wildman–Crippen LogP) is 2.43. The van der Waals surface area contributed by atoms with Crippen molar-refractivity contribution in [2.75, 3.05) is 0 Å². The molecule has 3 nitrogen and oxygen atoms in total. The smallest absolute Gasteiger partial charge is 0.409 e. The second kappa shape index (κ2) is 5.34. The largest absolute Gasteiger partial charge is 0.410 e. The number of rotatable bonds is 4. The molecule has 1 aromatic carbocycles. The number of aryl methyl sites for hydroxylation is 1. The molecular weight excluding hydrogens is 197 g/mol. The average Bonchev–Trinajstić information content (AvgIpc) is 2.15. The summed E-state index contributed by atoms with van der Waals surface area (Å²) in [6, 6.07) is 6.98. The van der Waals surface area contributed by atoms with E-state index in [9.17, 15) is 9.18 Å². The Hall–Kier alpha value is -1.58. The first-order chi connectivity index (χ1) is 7.09. The number of nitrogens with two attached hydrogens (primary N) is 1. The number of halogens is 1. The molecule has 82 valence electrons. The zero-order valence-corrected chi connectivity index (χ0v) is 8.57. The minimum Gasteiger partial charge on any atom is -0.410 e. The Morgan fingerprint density at radius 3 is 2.80 bits per heavy atom. The molecule has 1 rings (SSSR count). The van der Waals surface area contributed by atoms with E-state index >= 15 is 0 Å². The summed E-state index contributed by atoms with van der Waals surface area (Å²) >= 11 is 0. The molecule has 0 aliphatic rings. The van der Waals surface area contributed by atoms with Crippen LogP contribution in [0.25, 0.3) is 0 Å². The van der Waals surface area contributed by atoms with Crippen molar-refractivity contribution in [1.82, 2.24) is 0 Å². The van der Waals surface area contributed by atoms with E-state index in [0.29, 0.717) is 18.6 Å². The number of hydrogen-bond acceptors (Lipinski definition) is 2. The third kappa shape index (κ3) is 3.97. The fourth-order valence-corrected chi connectivity index (χ4v) is 1.27. The van der Waals surface area contributed by atoms with Gasteiger partial charge in [-0.2, -0.15) is 0 Å². The van der Waals surface area contributed by atoms with Gasteiger partial charge in [-0.15, -0.1) is 0 Å². The Morgan fingerprint density at radius 1 is 1.53 bits per heavy atom. The van der Waals surface area contributed by atoms with Crippen molar-refractivity contribution < 1.29 is 13.9 Å². The number of hydrogen-bond donors (Lipinski definition) is 1. The van der Waals surface area contributed by atoms with Crippen LogP contribution in [0.15, 0.2) is 24.3 Å². The van der Waals surface area contributed by atoms with Crippen LogP contribution in [0, 0.1) is 0 Å². The van der Waals surface area contributed by atoms with Gasteiger partial charge in [-0.25, -0.2) is 9.18 Å². The van der Waals surface area contributed by atoms with Crippen LogP contribution in [0.3, 0.4) is 0 Å². The predicted molar refractivity (Wildman–Crippen MR) is 55.5 cm³/mol. The van der Waals surface area contributed by atoms with E-state index in [1.165, 1.54) is 6.92 Å². The van der Waals surface area contributed by atoms with E-state index in [-0.39, 0.29) is 0 Å². The van der Waals surface area contributed by atoms with Gasteiger partial charge in [0.15, 0.2) is 0 Å². The van der Waals surface area contributed by atoms with Gasteiger partial charge in [0.2, 0.25) is 0 Å². The van der Waals surface area contributed by atoms with Crippen molar-refractivity contribution in [1.29, 1.82) is 0 Å². The first-order valence-corrected chi connectivity index (χ1v) is 4.79. The van der Waals surface area contributed by atoms with Crippen molar-refractivity contribution >= 4 is 6.09 Å². The summed E-state index contributed by atoms with van der Waals surface area (Å²) in [4.78, 5) is 10.6. The summed E-state index contributed by atoms with van der Waals surface area (Å²) in [5.41, 5.74) is 5.71. The maximum absolute atomic E-state index is 12.6. The molecule has 2 N–H and O–H groups in total. The molecule has 15 heavy (non-hydrogen) atoms. The van der Waals surface area contributed by atoms with Gasteiger partial charge in [0.25, 0.3) is 0 Å². The maximum Gasteiger partial charge on any atom is 0.409 e. The van der Waals surface area contributed by atoms with Crippen LogP contribution >= 0.6 is 0 Å². The van der Waals surface area contributed by atoms with Crippen molar-refractivity contribution in [2.45, 2.75) is 25.9 Å². The standard InChI is InChI=1S/C11H14FNO2/c1-8(12)6-7-9-4-2-3-5-10(9)15-11(13)14/h2-5,8H,6-7H2,1H3,(H2,13,14). The highest BCUT2D eigenvalue weighted by molar-refractivity contribution is 5.68. The second-order valence-corrected chi connectivity index (χ2v) is 3.35. The summed E-state index contributed by atoms with van der Waals surface area (Å²) in [5.74, 6) is 0.408. The number of primary amides is 1. The molecule has 1 unspecified atom stereocenters. The van der Waals surface area contributed by atoms with Crippen LogP contribution in [0.5, 0.6) is 5.75 Å². The number of ether oxygens (including phenoxy) is 1. The van der Waals surface area contributed by atoms with Crippen LogP contribution in [0.1, 0.15) is 18.9 Å². The summed E-state index contributed by atoms with van der Waals surface area (Å²) in [6.45, 7) is 1.50. The third-order valence-corrected chi connectivity index (χ3v) is 1.99. The van der Waals surface area contributed by atoms with E-state index < -0.39 is 12.3 Å². The van der Waals surface area contributed by atoms with Crippen molar-refractivity contribution in [3.63, 3.8) is 0 Å². The van der Waals surface area contributed by atoms with Crippen LogP contribution in [-0.4, -0.2) is 12.3 Å². The van der Waals surface area contributed by atoms with Gasteiger partial charge in [0, 0.05) is 0 Å². The highest BCUT2D eigenvalue weighted by Crippen LogP contribution is 2.20. The highest BCUT2D eigenvalue weighted by atomic mass is 19.1. The lowest BCUT2D eigenvalue weighted by molar-refractivity contribution is 0.210. The fourth-order valence-electron chi connectivity index (χ4n) is 1.27. The maximum atomic E-state index is 12.6. The molecule has 0 aromatic heterocycles. The van der Waals surface area contributed by atoms with Gasteiger partial charge in [0.05, 0.1) is 6.17 Å². The van der Waals surface area contributed by atoms with Crippen LogP contribution < -0.4 is 10.5 Å². The summed E-state index contributed by atoms with van der Waals surface area (Å²) in [7, 11) is 0. The van der Waals surface area contributed by atoms with Gasteiger partial charge in [-0.1, -0.05) is 18.2 Å². The first kappa shape index (κ1) is 11.5. The van der Waals surface area contributed by atoms with Crippen LogP contribution in [0.2, 0.25) is 0 Å². The third-order valence-electron chi connectivity index (χ3n) is 1.99.